The molecule has 3 N–H and O–H groups in total. The fourth-order valence-corrected chi connectivity index (χ4v) is 2.97. The number of phenols is 1. The van der Waals surface area contributed by atoms with Gasteiger partial charge in [0.05, 0.1) is 18.6 Å². The summed E-state index contributed by atoms with van der Waals surface area (Å²) in [6.07, 6.45) is 1.59. The van der Waals surface area contributed by atoms with Crippen molar-refractivity contribution in [3.63, 3.8) is 0 Å². The van der Waals surface area contributed by atoms with Gasteiger partial charge in [-0.15, -0.1) is 0 Å². The zero-order chi connectivity index (χ0) is 17.8. The highest BCUT2D eigenvalue weighted by molar-refractivity contribution is 5.74. The van der Waals surface area contributed by atoms with Crippen molar-refractivity contribution in [2.24, 2.45) is 0 Å². The molecule has 1 aromatic heterocycles. The number of nitrogens with one attached hydrogen (secondary N) is 2. The molecule has 1 aliphatic rings. The van der Waals surface area contributed by atoms with Crippen molar-refractivity contribution in [1.29, 1.82) is 0 Å². The van der Waals surface area contributed by atoms with Crippen molar-refractivity contribution in [3.05, 3.63) is 41.5 Å². The van der Waals surface area contributed by atoms with Crippen molar-refractivity contribution < 1.29 is 14.6 Å². The number of nitrogens with zero attached hydrogens (tertiary/aromatic N) is 3. The summed E-state index contributed by atoms with van der Waals surface area (Å²) in [7, 11) is 1.61. The third kappa shape index (κ3) is 4.27. The number of urea groups is 1. The van der Waals surface area contributed by atoms with Crippen LogP contribution >= 0.6 is 0 Å². The van der Waals surface area contributed by atoms with Gasteiger partial charge in [0.15, 0.2) is 5.82 Å². The number of hydrogen-bond acceptors (Lipinski definition) is 5. The first-order valence-electron chi connectivity index (χ1n) is 8.32. The van der Waals surface area contributed by atoms with E-state index >= 15 is 0 Å². The third-order valence-corrected chi connectivity index (χ3v) is 4.23. The Balaban J connectivity index is 1.54. The molecule has 0 saturated heterocycles. The molecule has 2 amide bonds. The molecular formula is C17H23N5O3. The second-order valence-electron chi connectivity index (χ2n) is 6.23. The van der Waals surface area contributed by atoms with E-state index in [0.717, 1.165) is 24.2 Å². The van der Waals surface area contributed by atoms with Crippen molar-refractivity contribution in [2.45, 2.75) is 45.0 Å². The van der Waals surface area contributed by atoms with Crippen LogP contribution in [0, 0.1) is 0 Å². The van der Waals surface area contributed by atoms with Gasteiger partial charge in [0.2, 0.25) is 0 Å². The van der Waals surface area contributed by atoms with Gasteiger partial charge in [-0.05, 0) is 31.0 Å². The maximum atomic E-state index is 12.2. The lowest BCUT2D eigenvalue weighted by Crippen LogP contribution is -2.46. The van der Waals surface area contributed by atoms with E-state index in [4.69, 9.17) is 4.74 Å². The minimum atomic E-state index is -0.235. The fourth-order valence-electron chi connectivity index (χ4n) is 2.97. The van der Waals surface area contributed by atoms with Gasteiger partial charge >= 0.3 is 6.03 Å². The molecule has 0 fully saturated rings. The molecule has 0 aliphatic carbocycles. The molecule has 1 aromatic carbocycles. The van der Waals surface area contributed by atoms with Crippen molar-refractivity contribution in [1.82, 2.24) is 25.4 Å². The number of ether oxygens (including phenoxy) is 1. The van der Waals surface area contributed by atoms with Crippen LogP contribution in [0.25, 0.3) is 0 Å². The summed E-state index contributed by atoms with van der Waals surface area (Å²) >= 11 is 0. The number of aromatic nitrogens is 3. The second kappa shape index (κ2) is 7.52. The lowest BCUT2D eigenvalue weighted by molar-refractivity contribution is 0.177. The van der Waals surface area contributed by atoms with Crippen LogP contribution < -0.4 is 10.6 Å². The number of phenolic OH excluding ortho intramolecular Hbond substituents is 1. The molecular weight excluding hydrogens is 322 g/mol. The predicted molar refractivity (Wildman–Crippen MR) is 91.0 cm³/mol. The lowest BCUT2D eigenvalue weighted by Gasteiger charge is -2.24. The Labute approximate surface area is 146 Å². The van der Waals surface area contributed by atoms with E-state index in [0.29, 0.717) is 19.0 Å². The molecule has 8 nitrogen and oxygen atoms in total. The van der Waals surface area contributed by atoms with E-state index in [1.54, 1.807) is 25.3 Å². The highest BCUT2D eigenvalue weighted by Crippen LogP contribution is 2.18. The smallest absolute Gasteiger partial charge is 0.315 e. The van der Waals surface area contributed by atoms with Crippen LogP contribution in [-0.4, -0.2) is 39.1 Å². The highest BCUT2D eigenvalue weighted by atomic mass is 16.5. The van der Waals surface area contributed by atoms with Crippen LogP contribution in [0.2, 0.25) is 0 Å². The molecule has 2 heterocycles. The summed E-state index contributed by atoms with van der Waals surface area (Å²) in [5.74, 6) is 1.78. The molecule has 25 heavy (non-hydrogen) atoms. The number of benzene rings is 1. The summed E-state index contributed by atoms with van der Waals surface area (Å²) in [6.45, 7) is 2.86. The van der Waals surface area contributed by atoms with Crippen LogP contribution in [0.15, 0.2) is 24.3 Å². The quantitative estimate of drug-likeness (QED) is 0.762. The molecule has 8 heteroatoms. The SMILES string of the molecule is COCc1nc2n(n1)C[C@@H](NC(=O)N[C@H](C)c1cccc(O)c1)CC2. The zero-order valence-electron chi connectivity index (χ0n) is 14.4. The summed E-state index contributed by atoms with van der Waals surface area (Å²) in [4.78, 5) is 16.7. The van der Waals surface area contributed by atoms with Gasteiger partial charge in [-0.1, -0.05) is 12.1 Å². The van der Waals surface area contributed by atoms with E-state index in [1.807, 2.05) is 17.7 Å². The molecule has 2 aromatic rings. The monoisotopic (exact) mass is 345 g/mol. The van der Waals surface area contributed by atoms with Gasteiger partial charge in [-0.2, -0.15) is 5.10 Å². The van der Waals surface area contributed by atoms with Gasteiger partial charge in [-0.3, -0.25) is 0 Å². The molecule has 0 unspecified atom stereocenters. The normalized spacial score (nSPS) is 17.6. The zero-order valence-corrected chi connectivity index (χ0v) is 14.4. The van der Waals surface area contributed by atoms with Crippen molar-refractivity contribution in [2.75, 3.05) is 7.11 Å². The Bertz CT molecular complexity index is 746. The molecule has 2 atom stereocenters. The Morgan fingerprint density at radius 3 is 3.12 bits per heavy atom. The molecule has 0 bridgehead atoms. The van der Waals surface area contributed by atoms with Crippen LogP contribution in [0.4, 0.5) is 4.79 Å². The summed E-state index contributed by atoms with van der Waals surface area (Å²) in [5.41, 5.74) is 0.849. The number of aromatic hydroxyl groups is 1. The first kappa shape index (κ1) is 17.2. The average molecular weight is 345 g/mol. The number of methoxy groups -OCH3 is 1. The maximum Gasteiger partial charge on any atom is 0.315 e. The van der Waals surface area contributed by atoms with Crippen LogP contribution in [0.5, 0.6) is 5.75 Å². The number of hydrogen-bond donors (Lipinski definition) is 3. The lowest BCUT2D eigenvalue weighted by atomic mass is 10.1. The fraction of sp³-hybridized carbons (Fsp3) is 0.471. The van der Waals surface area contributed by atoms with Crippen LogP contribution in [-0.2, 0) is 24.3 Å². The van der Waals surface area contributed by atoms with E-state index in [1.165, 1.54) is 0 Å². The molecule has 0 radical (unpaired) electrons. The first-order valence-corrected chi connectivity index (χ1v) is 8.32. The molecule has 3 rings (SSSR count). The number of amides is 2. The third-order valence-electron chi connectivity index (χ3n) is 4.23. The number of rotatable bonds is 5. The minimum Gasteiger partial charge on any atom is -0.508 e. The number of fused-ring (bicyclic) bond motifs is 1. The Morgan fingerprint density at radius 2 is 2.36 bits per heavy atom. The van der Waals surface area contributed by atoms with E-state index in [2.05, 4.69) is 20.7 Å². The van der Waals surface area contributed by atoms with E-state index in [-0.39, 0.29) is 23.9 Å². The van der Waals surface area contributed by atoms with Crippen molar-refractivity contribution in [3.8, 4) is 5.75 Å². The summed E-state index contributed by atoms with van der Waals surface area (Å²) in [6, 6.07) is 6.43. The summed E-state index contributed by atoms with van der Waals surface area (Å²) in [5, 5.41) is 19.8. The van der Waals surface area contributed by atoms with Crippen LogP contribution in [0.1, 0.15) is 36.6 Å². The molecule has 1 aliphatic heterocycles. The van der Waals surface area contributed by atoms with Gasteiger partial charge < -0.3 is 20.5 Å². The number of carbonyl (C=O) groups excluding carboxylic acids is 1. The van der Waals surface area contributed by atoms with Gasteiger partial charge in [0, 0.05) is 13.5 Å². The van der Waals surface area contributed by atoms with Crippen LogP contribution in [0.3, 0.4) is 0 Å². The largest absolute Gasteiger partial charge is 0.508 e. The van der Waals surface area contributed by atoms with Gasteiger partial charge in [-0.25, -0.2) is 14.5 Å². The van der Waals surface area contributed by atoms with Gasteiger partial charge in [0.25, 0.3) is 0 Å². The Hall–Kier alpha value is -2.61. The topological polar surface area (TPSA) is 101 Å². The average Bonchev–Trinajstić information content (AvgIpc) is 2.96. The summed E-state index contributed by atoms with van der Waals surface area (Å²) < 4.78 is 6.89. The standard InChI is InChI=1S/C17H23N5O3/c1-11(12-4-3-5-14(23)8-12)18-17(24)19-13-6-7-16-20-15(10-25-2)21-22(16)9-13/h3-5,8,11,13,23H,6-7,9-10H2,1-2H3,(H2,18,19,24)/t11-,13+/m1/s1. The molecule has 0 saturated carbocycles. The van der Waals surface area contributed by atoms with Crippen molar-refractivity contribution >= 4 is 6.03 Å². The minimum absolute atomic E-state index is 0.000899. The maximum absolute atomic E-state index is 12.2. The van der Waals surface area contributed by atoms with E-state index in [9.17, 15) is 9.90 Å². The molecule has 0 spiro atoms. The number of carbonyl (C=O) groups is 1. The Morgan fingerprint density at radius 1 is 1.52 bits per heavy atom. The predicted octanol–water partition coefficient (Wildman–Crippen LogP) is 1.51. The second-order valence-corrected chi connectivity index (χ2v) is 6.23. The Kier molecular flexibility index (Phi) is 5.18. The number of aryl methyl sites for hydroxylation is 1. The first-order chi connectivity index (χ1) is 12.0. The highest BCUT2D eigenvalue weighted by Gasteiger charge is 2.23. The van der Waals surface area contributed by atoms with Gasteiger partial charge in [0.1, 0.15) is 18.2 Å². The molecule has 134 valence electrons. The van der Waals surface area contributed by atoms with E-state index < -0.39 is 0 Å².